The monoisotopic (exact) mass is 324 g/mol. The van der Waals surface area contributed by atoms with Crippen LogP contribution in [0.25, 0.3) is 0 Å². The van der Waals surface area contributed by atoms with Crippen molar-refractivity contribution in [3.63, 3.8) is 0 Å². The second kappa shape index (κ2) is 7.61. The van der Waals surface area contributed by atoms with Crippen molar-refractivity contribution in [2.45, 2.75) is 32.7 Å². The van der Waals surface area contributed by atoms with Gasteiger partial charge in [-0.15, -0.1) is 0 Å². The first-order chi connectivity index (χ1) is 11.0. The minimum atomic E-state index is -0.515. The number of carbonyl (C=O) groups is 3. The first-order valence-corrected chi connectivity index (χ1v) is 7.43. The third-order valence-corrected chi connectivity index (χ3v) is 3.15. The third kappa shape index (κ3) is 5.28. The Kier molecular flexibility index (Phi) is 5.56. The lowest BCUT2D eigenvalue weighted by Crippen LogP contribution is -2.46. The fourth-order valence-electron chi connectivity index (χ4n) is 1.98. The molecular formula is C14H20N4O5. The average molecular weight is 324 g/mol. The lowest BCUT2D eigenvalue weighted by Gasteiger charge is -2.21. The van der Waals surface area contributed by atoms with Gasteiger partial charge in [0.05, 0.1) is 6.61 Å². The highest BCUT2D eigenvalue weighted by atomic mass is 16.5. The van der Waals surface area contributed by atoms with Crippen LogP contribution < -0.4 is 10.6 Å². The number of ether oxygens (including phenoxy) is 1. The highest BCUT2D eigenvalue weighted by Crippen LogP contribution is 2.26. The molecule has 0 unspecified atom stereocenters. The van der Waals surface area contributed by atoms with E-state index in [9.17, 15) is 14.4 Å². The standard InChI is InChI=1S/C14H20N4O5/c1-3-22-13(20)7-15-14(21)18(10-4-5-10)8-12(19)16-11-6-9(2)23-17-11/h6,10H,3-5,7-8H2,1-2H3,(H,15,21)(H,16,17,19). The second-order valence-electron chi connectivity index (χ2n) is 5.19. The molecule has 1 aromatic heterocycles. The second-order valence-corrected chi connectivity index (χ2v) is 5.19. The zero-order chi connectivity index (χ0) is 16.8. The van der Waals surface area contributed by atoms with Crippen molar-refractivity contribution >= 4 is 23.7 Å². The van der Waals surface area contributed by atoms with E-state index in [4.69, 9.17) is 9.26 Å². The van der Waals surface area contributed by atoms with Gasteiger partial charge in [0.1, 0.15) is 18.8 Å². The van der Waals surface area contributed by atoms with E-state index in [0.717, 1.165) is 12.8 Å². The SMILES string of the molecule is CCOC(=O)CNC(=O)N(CC(=O)Nc1cc(C)on1)C1CC1. The number of aromatic nitrogens is 1. The molecule has 1 fully saturated rings. The number of esters is 1. The Morgan fingerprint density at radius 1 is 1.43 bits per heavy atom. The summed E-state index contributed by atoms with van der Waals surface area (Å²) < 4.78 is 9.60. The van der Waals surface area contributed by atoms with Crippen molar-refractivity contribution in [3.8, 4) is 0 Å². The number of carbonyl (C=O) groups excluding carboxylic acids is 3. The van der Waals surface area contributed by atoms with E-state index < -0.39 is 12.0 Å². The number of amides is 3. The normalized spacial score (nSPS) is 13.3. The highest BCUT2D eigenvalue weighted by molar-refractivity contribution is 5.94. The maximum atomic E-state index is 12.1. The molecule has 3 amide bonds. The van der Waals surface area contributed by atoms with Crippen LogP contribution in [0, 0.1) is 6.92 Å². The van der Waals surface area contributed by atoms with E-state index in [1.807, 2.05) is 0 Å². The van der Waals surface area contributed by atoms with E-state index in [0.29, 0.717) is 11.6 Å². The van der Waals surface area contributed by atoms with Gasteiger partial charge in [-0.25, -0.2) is 4.79 Å². The molecule has 0 bridgehead atoms. The molecule has 1 aliphatic carbocycles. The van der Waals surface area contributed by atoms with Crippen LogP contribution in [0.3, 0.4) is 0 Å². The maximum Gasteiger partial charge on any atom is 0.325 e. The summed E-state index contributed by atoms with van der Waals surface area (Å²) in [6.07, 6.45) is 1.67. The van der Waals surface area contributed by atoms with Crippen molar-refractivity contribution in [2.75, 3.05) is 25.0 Å². The predicted octanol–water partition coefficient (Wildman–Crippen LogP) is 0.659. The zero-order valence-electron chi connectivity index (χ0n) is 13.1. The van der Waals surface area contributed by atoms with Crippen LogP contribution in [0.2, 0.25) is 0 Å². The molecular weight excluding hydrogens is 304 g/mol. The zero-order valence-corrected chi connectivity index (χ0v) is 13.1. The first-order valence-electron chi connectivity index (χ1n) is 7.43. The smallest absolute Gasteiger partial charge is 0.325 e. The molecule has 1 saturated carbocycles. The number of nitrogens with zero attached hydrogens (tertiary/aromatic N) is 2. The van der Waals surface area contributed by atoms with Crippen LogP contribution in [0.4, 0.5) is 10.6 Å². The van der Waals surface area contributed by atoms with Gasteiger partial charge >= 0.3 is 12.0 Å². The quantitative estimate of drug-likeness (QED) is 0.712. The average Bonchev–Trinajstić information content (AvgIpc) is 3.26. The van der Waals surface area contributed by atoms with E-state index in [1.165, 1.54) is 4.90 Å². The number of hydrogen-bond donors (Lipinski definition) is 2. The van der Waals surface area contributed by atoms with Crippen molar-refractivity contribution in [1.29, 1.82) is 0 Å². The molecule has 1 aromatic rings. The number of anilines is 1. The molecule has 9 heteroatoms. The van der Waals surface area contributed by atoms with Gasteiger partial charge in [0.25, 0.3) is 0 Å². The number of urea groups is 1. The van der Waals surface area contributed by atoms with Crippen LogP contribution >= 0.6 is 0 Å². The summed E-state index contributed by atoms with van der Waals surface area (Å²) >= 11 is 0. The molecule has 2 N–H and O–H groups in total. The molecule has 1 aliphatic rings. The van der Waals surface area contributed by atoms with E-state index >= 15 is 0 Å². The fourth-order valence-corrected chi connectivity index (χ4v) is 1.98. The van der Waals surface area contributed by atoms with Crippen molar-refractivity contribution < 1.29 is 23.6 Å². The third-order valence-electron chi connectivity index (χ3n) is 3.15. The Morgan fingerprint density at radius 3 is 2.74 bits per heavy atom. The predicted molar refractivity (Wildman–Crippen MR) is 79.6 cm³/mol. The number of aryl methyl sites for hydroxylation is 1. The lowest BCUT2D eigenvalue weighted by atomic mass is 10.4. The lowest BCUT2D eigenvalue weighted by molar-refractivity contribution is -0.141. The van der Waals surface area contributed by atoms with E-state index in [2.05, 4.69) is 15.8 Å². The summed E-state index contributed by atoms with van der Waals surface area (Å²) in [6.45, 7) is 3.31. The molecule has 0 saturated heterocycles. The Labute approximate surface area is 133 Å². The Bertz CT molecular complexity index is 581. The van der Waals surface area contributed by atoms with Gasteiger partial charge in [0, 0.05) is 12.1 Å². The fraction of sp³-hybridized carbons (Fsp3) is 0.571. The van der Waals surface area contributed by atoms with Gasteiger partial charge in [0.2, 0.25) is 5.91 Å². The Balaban J connectivity index is 1.84. The van der Waals surface area contributed by atoms with Crippen molar-refractivity contribution in [1.82, 2.24) is 15.4 Å². The first kappa shape index (κ1) is 16.8. The molecule has 9 nitrogen and oxygen atoms in total. The molecule has 0 spiro atoms. The van der Waals surface area contributed by atoms with Gasteiger partial charge in [-0.3, -0.25) is 9.59 Å². The van der Waals surface area contributed by atoms with Gasteiger partial charge in [-0.2, -0.15) is 0 Å². The van der Waals surface area contributed by atoms with Crippen LogP contribution in [0.5, 0.6) is 0 Å². The molecule has 2 rings (SSSR count). The van der Waals surface area contributed by atoms with Crippen molar-refractivity contribution in [2.24, 2.45) is 0 Å². The van der Waals surface area contributed by atoms with Crippen LogP contribution in [-0.4, -0.2) is 53.7 Å². The summed E-state index contributed by atoms with van der Waals surface area (Å²) in [5.74, 6) is -0.0164. The molecule has 0 atom stereocenters. The largest absolute Gasteiger partial charge is 0.465 e. The summed E-state index contributed by atoms with van der Waals surface area (Å²) in [7, 11) is 0. The van der Waals surface area contributed by atoms with Gasteiger partial charge in [-0.1, -0.05) is 5.16 Å². The van der Waals surface area contributed by atoms with Crippen LogP contribution in [0.15, 0.2) is 10.6 Å². The van der Waals surface area contributed by atoms with E-state index in [1.54, 1.807) is 19.9 Å². The van der Waals surface area contributed by atoms with Crippen LogP contribution in [0.1, 0.15) is 25.5 Å². The molecule has 0 aromatic carbocycles. The van der Waals surface area contributed by atoms with Gasteiger partial charge in [-0.05, 0) is 26.7 Å². The highest BCUT2D eigenvalue weighted by Gasteiger charge is 2.34. The number of rotatable bonds is 7. The topological polar surface area (TPSA) is 114 Å². The molecule has 1 heterocycles. The summed E-state index contributed by atoms with van der Waals surface area (Å²) in [5, 5.41) is 8.68. The summed E-state index contributed by atoms with van der Waals surface area (Å²) in [5.41, 5.74) is 0. The molecule has 126 valence electrons. The Morgan fingerprint density at radius 2 is 2.17 bits per heavy atom. The summed E-state index contributed by atoms with van der Waals surface area (Å²) in [6, 6.07) is 1.13. The summed E-state index contributed by atoms with van der Waals surface area (Å²) in [4.78, 5) is 36.8. The Hall–Kier alpha value is -2.58. The minimum Gasteiger partial charge on any atom is -0.465 e. The number of hydrogen-bond acceptors (Lipinski definition) is 6. The minimum absolute atomic E-state index is 0.0157. The maximum absolute atomic E-state index is 12.1. The number of nitrogens with one attached hydrogen (secondary N) is 2. The molecule has 0 radical (unpaired) electrons. The van der Waals surface area contributed by atoms with Gasteiger partial charge in [0.15, 0.2) is 5.82 Å². The molecule has 0 aliphatic heterocycles. The van der Waals surface area contributed by atoms with E-state index in [-0.39, 0.29) is 31.6 Å². The van der Waals surface area contributed by atoms with Gasteiger partial charge < -0.3 is 24.8 Å². The van der Waals surface area contributed by atoms with Crippen molar-refractivity contribution in [3.05, 3.63) is 11.8 Å². The van der Waals surface area contributed by atoms with Crippen LogP contribution in [-0.2, 0) is 14.3 Å². The molecule has 23 heavy (non-hydrogen) atoms.